The minimum absolute atomic E-state index is 0.340. The molecule has 0 saturated heterocycles. The maximum absolute atomic E-state index is 4.47. The molecule has 0 amide bonds. The molecule has 2 heterocycles. The molecular formula is C14H23N5. The molecule has 1 N–H and O–H groups in total. The van der Waals surface area contributed by atoms with Gasteiger partial charge in [0.05, 0.1) is 11.9 Å². The zero-order valence-corrected chi connectivity index (χ0v) is 12.4. The second-order valence-corrected chi connectivity index (χ2v) is 5.10. The van der Waals surface area contributed by atoms with E-state index < -0.39 is 0 Å². The molecule has 0 aliphatic rings. The van der Waals surface area contributed by atoms with E-state index in [2.05, 4.69) is 35.6 Å². The number of aromatic nitrogens is 4. The third kappa shape index (κ3) is 2.87. The van der Waals surface area contributed by atoms with Gasteiger partial charge in [0.15, 0.2) is 0 Å². The van der Waals surface area contributed by atoms with E-state index in [1.54, 1.807) is 0 Å². The van der Waals surface area contributed by atoms with Gasteiger partial charge in [0.25, 0.3) is 0 Å². The van der Waals surface area contributed by atoms with Crippen molar-refractivity contribution in [2.45, 2.75) is 32.7 Å². The van der Waals surface area contributed by atoms with Gasteiger partial charge in [0.1, 0.15) is 0 Å². The highest BCUT2D eigenvalue weighted by atomic mass is 15.3. The Morgan fingerprint density at radius 2 is 2.05 bits per heavy atom. The summed E-state index contributed by atoms with van der Waals surface area (Å²) in [5, 5.41) is 12.1. The summed E-state index contributed by atoms with van der Waals surface area (Å²) in [6.45, 7) is 4.22. The molecule has 0 fully saturated rings. The molecule has 1 unspecified atom stereocenters. The summed E-state index contributed by atoms with van der Waals surface area (Å²) in [5.74, 6) is 0. The minimum Gasteiger partial charge on any atom is -0.313 e. The lowest BCUT2D eigenvalue weighted by Gasteiger charge is -2.14. The van der Waals surface area contributed by atoms with E-state index in [1.165, 1.54) is 16.8 Å². The SMILES string of the molecule is CNC(CCc1c(C)nn(C)c1C)c1cnn(C)c1. The highest BCUT2D eigenvalue weighted by Crippen LogP contribution is 2.21. The lowest BCUT2D eigenvalue weighted by atomic mass is 10.0. The predicted molar refractivity (Wildman–Crippen MR) is 76.0 cm³/mol. The van der Waals surface area contributed by atoms with E-state index >= 15 is 0 Å². The molecule has 104 valence electrons. The summed E-state index contributed by atoms with van der Waals surface area (Å²) in [5.41, 5.74) is 5.01. The zero-order valence-electron chi connectivity index (χ0n) is 12.4. The Morgan fingerprint density at radius 3 is 2.53 bits per heavy atom. The van der Waals surface area contributed by atoms with E-state index in [-0.39, 0.29) is 0 Å². The molecule has 1 atom stereocenters. The van der Waals surface area contributed by atoms with Gasteiger partial charge < -0.3 is 5.32 Å². The molecule has 0 spiro atoms. The van der Waals surface area contributed by atoms with E-state index in [0.717, 1.165) is 18.5 Å². The maximum atomic E-state index is 4.47. The van der Waals surface area contributed by atoms with Gasteiger partial charge in [-0.2, -0.15) is 10.2 Å². The first-order valence-electron chi connectivity index (χ1n) is 6.67. The average Bonchev–Trinajstić information content (AvgIpc) is 2.89. The van der Waals surface area contributed by atoms with Crippen LogP contribution in [0, 0.1) is 13.8 Å². The number of aryl methyl sites for hydroxylation is 3. The van der Waals surface area contributed by atoms with Gasteiger partial charge in [-0.05, 0) is 39.3 Å². The number of nitrogens with one attached hydrogen (secondary N) is 1. The van der Waals surface area contributed by atoms with Gasteiger partial charge in [-0.1, -0.05) is 0 Å². The molecule has 5 heteroatoms. The summed E-state index contributed by atoms with van der Waals surface area (Å²) in [4.78, 5) is 0. The summed E-state index contributed by atoms with van der Waals surface area (Å²) >= 11 is 0. The van der Waals surface area contributed by atoms with Crippen LogP contribution in [0.15, 0.2) is 12.4 Å². The van der Waals surface area contributed by atoms with E-state index in [9.17, 15) is 0 Å². The molecular weight excluding hydrogens is 238 g/mol. The monoisotopic (exact) mass is 261 g/mol. The van der Waals surface area contributed by atoms with Crippen LogP contribution >= 0.6 is 0 Å². The highest BCUT2D eigenvalue weighted by Gasteiger charge is 2.14. The Kier molecular flexibility index (Phi) is 4.04. The molecule has 0 saturated carbocycles. The smallest absolute Gasteiger partial charge is 0.0628 e. The highest BCUT2D eigenvalue weighted by molar-refractivity contribution is 5.25. The van der Waals surface area contributed by atoms with Gasteiger partial charge in [0.2, 0.25) is 0 Å². The first-order chi connectivity index (χ1) is 9.02. The van der Waals surface area contributed by atoms with Gasteiger partial charge in [-0.3, -0.25) is 9.36 Å². The van der Waals surface area contributed by atoms with Crippen LogP contribution in [0.1, 0.15) is 35.0 Å². The predicted octanol–water partition coefficient (Wildman–Crippen LogP) is 1.66. The van der Waals surface area contributed by atoms with Crippen molar-refractivity contribution in [2.24, 2.45) is 14.1 Å². The topological polar surface area (TPSA) is 47.7 Å². The summed E-state index contributed by atoms with van der Waals surface area (Å²) in [6, 6.07) is 0.340. The maximum Gasteiger partial charge on any atom is 0.0628 e. The van der Waals surface area contributed by atoms with Crippen LogP contribution in [0.25, 0.3) is 0 Å². The van der Waals surface area contributed by atoms with E-state index in [1.807, 2.05) is 36.7 Å². The van der Waals surface area contributed by atoms with Crippen LogP contribution in [0.3, 0.4) is 0 Å². The number of hydrogen-bond acceptors (Lipinski definition) is 3. The second-order valence-electron chi connectivity index (χ2n) is 5.10. The average molecular weight is 261 g/mol. The number of rotatable bonds is 5. The molecule has 0 radical (unpaired) electrons. The summed E-state index contributed by atoms with van der Waals surface area (Å²) in [7, 11) is 5.95. The summed E-state index contributed by atoms with van der Waals surface area (Å²) < 4.78 is 3.81. The van der Waals surface area contributed by atoms with Crippen molar-refractivity contribution in [3.63, 3.8) is 0 Å². The van der Waals surface area contributed by atoms with Crippen LogP contribution in [-0.2, 0) is 20.5 Å². The summed E-state index contributed by atoms with van der Waals surface area (Å²) in [6.07, 6.45) is 6.09. The fraction of sp³-hybridized carbons (Fsp3) is 0.571. The Bertz CT molecular complexity index is 552. The molecule has 0 aliphatic heterocycles. The zero-order chi connectivity index (χ0) is 14.0. The van der Waals surface area contributed by atoms with E-state index in [4.69, 9.17) is 0 Å². The fourth-order valence-corrected chi connectivity index (χ4v) is 2.57. The number of nitrogens with zero attached hydrogens (tertiary/aromatic N) is 4. The minimum atomic E-state index is 0.340. The van der Waals surface area contributed by atoms with Gasteiger partial charge in [-0.15, -0.1) is 0 Å². The van der Waals surface area contributed by atoms with Crippen molar-refractivity contribution in [1.82, 2.24) is 24.9 Å². The Balaban J connectivity index is 2.08. The lowest BCUT2D eigenvalue weighted by Crippen LogP contribution is -2.17. The number of hydrogen-bond donors (Lipinski definition) is 1. The van der Waals surface area contributed by atoms with Crippen LogP contribution in [-0.4, -0.2) is 26.6 Å². The third-order valence-corrected chi connectivity index (χ3v) is 3.82. The van der Waals surface area contributed by atoms with Crippen molar-refractivity contribution in [3.05, 3.63) is 34.9 Å². The molecule has 19 heavy (non-hydrogen) atoms. The first-order valence-corrected chi connectivity index (χ1v) is 6.67. The van der Waals surface area contributed by atoms with E-state index in [0.29, 0.717) is 6.04 Å². The van der Waals surface area contributed by atoms with Crippen LogP contribution < -0.4 is 5.32 Å². The van der Waals surface area contributed by atoms with Crippen molar-refractivity contribution >= 4 is 0 Å². The normalized spacial score (nSPS) is 12.9. The Hall–Kier alpha value is -1.62. The quantitative estimate of drug-likeness (QED) is 0.890. The largest absolute Gasteiger partial charge is 0.313 e. The Labute approximate surface area is 114 Å². The lowest BCUT2D eigenvalue weighted by molar-refractivity contribution is 0.547. The van der Waals surface area contributed by atoms with Crippen molar-refractivity contribution in [2.75, 3.05) is 7.05 Å². The van der Waals surface area contributed by atoms with Crippen molar-refractivity contribution < 1.29 is 0 Å². The standard InChI is InChI=1S/C14H23N5/c1-10-13(11(2)19(5)17-10)6-7-14(15-3)12-8-16-18(4)9-12/h8-9,14-15H,6-7H2,1-5H3. The Morgan fingerprint density at radius 1 is 1.32 bits per heavy atom. The second kappa shape index (κ2) is 5.57. The molecule has 2 aromatic heterocycles. The first kappa shape index (κ1) is 13.8. The molecule has 0 bridgehead atoms. The van der Waals surface area contributed by atoms with Crippen LogP contribution in [0.2, 0.25) is 0 Å². The molecule has 0 aromatic carbocycles. The van der Waals surface area contributed by atoms with Gasteiger partial charge >= 0.3 is 0 Å². The van der Waals surface area contributed by atoms with Crippen LogP contribution in [0.4, 0.5) is 0 Å². The van der Waals surface area contributed by atoms with Crippen molar-refractivity contribution in [3.8, 4) is 0 Å². The van der Waals surface area contributed by atoms with Crippen molar-refractivity contribution in [1.29, 1.82) is 0 Å². The van der Waals surface area contributed by atoms with Gasteiger partial charge in [0, 0.05) is 37.6 Å². The molecule has 2 aromatic rings. The van der Waals surface area contributed by atoms with Gasteiger partial charge in [-0.25, -0.2) is 0 Å². The fourth-order valence-electron chi connectivity index (χ4n) is 2.57. The molecule has 0 aliphatic carbocycles. The van der Waals surface area contributed by atoms with Crippen LogP contribution in [0.5, 0.6) is 0 Å². The molecule has 2 rings (SSSR count). The molecule has 5 nitrogen and oxygen atoms in total. The third-order valence-electron chi connectivity index (χ3n) is 3.82.